The molecule has 0 aliphatic carbocycles. The average Bonchev–Trinajstić information content (AvgIpc) is 3.00. The summed E-state index contributed by atoms with van der Waals surface area (Å²) >= 11 is 0. The molecule has 2 rings (SSSR count). The lowest BCUT2D eigenvalue weighted by atomic mass is 10.2. The van der Waals surface area contributed by atoms with Crippen LogP contribution in [-0.4, -0.2) is 40.5 Å². The quantitative estimate of drug-likeness (QED) is 0.454. The highest BCUT2D eigenvalue weighted by molar-refractivity contribution is 5.79. The van der Waals surface area contributed by atoms with E-state index in [1.54, 1.807) is 0 Å². The zero-order valence-electron chi connectivity index (χ0n) is 15.4. The number of imidazole rings is 1. The van der Waals surface area contributed by atoms with Crippen LogP contribution in [0.1, 0.15) is 31.2 Å². The number of hydrogen-bond acceptors (Lipinski definition) is 2. The molecule has 0 bridgehead atoms. The second-order valence-electron chi connectivity index (χ2n) is 6.09. The number of aryl methyl sites for hydroxylation is 2. The molecular weight excluding hydrogens is 317 g/mol. The number of halogens is 1. The molecule has 0 saturated heterocycles. The van der Waals surface area contributed by atoms with Crippen LogP contribution in [0.4, 0.5) is 4.39 Å². The van der Waals surface area contributed by atoms with Crippen molar-refractivity contribution in [1.29, 1.82) is 0 Å². The summed E-state index contributed by atoms with van der Waals surface area (Å²) in [7, 11) is 2.00. The van der Waals surface area contributed by atoms with Gasteiger partial charge in [0.1, 0.15) is 11.6 Å². The molecular formula is C19H28FN5. The van der Waals surface area contributed by atoms with Gasteiger partial charge in [0, 0.05) is 45.6 Å². The Morgan fingerprint density at radius 1 is 1.28 bits per heavy atom. The third kappa shape index (κ3) is 6.21. The zero-order chi connectivity index (χ0) is 18.1. The smallest absolute Gasteiger partial charge is 0.193 e. The molecule has 0 saturated carbocycles. The van der Waals surface area contributed by atoms with Crippen LogP contribution in [0.2, 0.25) is 0 Å². The van der Waals surface area contributed by atoms with Crippen LogP contribution >= 0.6 is 0 Å². The molecule has 0 amide bonds. The SMILES string of the molecule is CCNC(=NCCCCn1ccnc1C)N(C)Cc1ccc(F)cc1. The number of nitrogens with one attached hydrogen (secondary N) is 1. The van der Waals surface area contributed by atoms with Gasteiger partial charge in [0.2, 0.25) is 0 Å². The summed E-state index contributed by atoms with van der Waals surface area (Å²) in [5, 5.41) is 3.31. The lowest BCUT2D eigenvalue weighted by Crippen LogP contribution is -2.38. The van der Waals surface area contributed by atoms with Crippen LogP contribution in [-0.2, 0) is 13.1 Å². The third-order valence-electron chi connectivity index (χ3n) is 4.02. The standard InChI is InChI=1S/C19H28FN5/c1-4-21-19(24(3)15-17-7-9-18(20)10-8-17)23-11-5-6-13-25-14-12-22-16(25)2/h7-10,12,14H,4-6,11,13,15H2,1-3H3,(H,21,23). The number of benzene rings is 1. The van der Waals surface area contributed by atoms with Crippen molar-refractivity contribution in [2.45, 2.75) is 39.8 Å². The van der Waals surface area contributed by atoms with E-state index in [0.717, 1.165) is 49.8 Å². The third-order valence-corrected chi connectivity index (χ3v) is 4.02. The summed E-state index contributed by atoms with van der Waals surface area (Å²) in [6.07, 6.45) is 5.94. The van der Waals surface area contributed by atoms with Gasteiger partial charge < -0.3 is 14.8 Å². The van der Waals surface area contributed by atoms with E-state index in [1.165, 1.54) is 12.1 Å². The summed E-state index contributed by atoms with van der Waals surface area (Å²) in [4.78, 5) is 11.0. The predicted octanol–water partition coefficient (Wildman–Crippen LogP) is 3.21. The molecule has 2 aromatic rings. The maximum atomic E-state index is 13.0. The number of unbranched alkanes of at least 4 members (excludes halogenated alkanes) is 1. The van der Waals surface area contributed by atoms with Gasteiger partial charge in [-0.1, -0.05) is 12.1 Å². The van der Waals surface area contributed by atoms with Crippen LogP contribution in [0, 0.1) is 12.7 Å². The van der Waals surface area contributed by atoms with Crippen molar-refractivity contribution in [3.63, 3.8) is 0 Å². The highest BCUT2D eigenvalue weighted by Crippen LogP contribution is 2.06. The molecule has 136 valence electrons. The Hall–Kier alpha value is -2.37. The maximum absolute atomic E-state index is 13.0. The summed E-state index contributed by atoms with van der Waals surface area (Å²) in [6, 6.07) is 6.60. The minimum atomic E-state index is -0.208. The van der Waals surface area contributed by atoms with Gasteiger partial charge in [-0.15, -0.1) is 0 Å². The molecule has 1 heterocycles. The molecule has 6 heteroatoms. The Balaban J connectivity index is 1.82. The summed E-state index contributed by atoms with van der Waals surface area (Å²) in [6.45, 7) is 7.35. The van der Waals surface area contributed by atoms with Gasteiger partial charge in [0.25, 0.3) is 0 Å². The first-order valence-corrected chi connectivity index (χ1v) is 8.81. The average molecular weight is 345 g/mol. The molecule has 1 aromatic carbocycles. The van der Waals surface area contributed by atoms with Gasteiger partial charge in [0.05, 0.1) is 0 Å². The minimum absolute atomic E-state index is 0.208. The van der Waals surface area contributed by atoms with Gasteiger partial charge in [-0.3, -0.25) is 4.99 Å². The van der Waals surface area contributed by atoms with Crippen molar-refractivity contribution in [2.24, 2.45) is 4.99 Å². The van der Waals surface area contributed by atoms with E-state index >= 15 is 0 Å². The Labute approximate surface area is 149 Å². The first kappa shape index (κ1) is 19.0. The molecule has 0 aliphatic heterocycles. The fourth-order valence-electron chi connectivity index (χ4n) is 2.63. The van der Waals surface area contributed by atoms with Crippen LogP contribution in [0.15, 0.2) is 41.7 Å². The number of rotatable bonds is 8. The van der Waals surface area contributed by atoms with Crippen molar-refractivity contribution in [1.82, 2.24) is 19.8 Å². The predicted molar refractivity (Wildman–Crippen MR) is 100 cm³/mol. The van der Waals surface area contributed by atoms with Crippen LogP contribution < -0.4 is 5.32 Å². The Kier molecular flexibility index (Phi) is 7.44. The molecule has 0 spiro atoms. The highest BCUT2D eigenvalue weighted by atomic mass is 19.1. The molecule has 0 atom stereocenters. The van der Waals surface area contributed by atoms with Crippen molar-refractivity contribution < 1.29 is 4.39 Å². The van der Waals surface area contributed by atoms with Crippen molar-refractivity contribution in [3.05, 3.63) is 53.9 Å². The first-order valence-electron chi connectivity index (χ1n) is 8.81. The van der Waals surface area contributed by atoms with E-state index < -0.39 is 0 Å². The number of aliphatic imine (C=N–C) groups is 1. The fraction of sp³-hybridized carbons (Fsp3) is 0.474. The van der Waals surface area contributed by atoms with E-state index in [4.69, 9.17) is 4.99 Å². The van der Waals surface area contributed by atoms with Gasteiger partial charge in [-0.25, -0.2) is 9.37 Å². The van der Waals surface area contributed by atoms with Crippen LogP contribution in [0.5, 0.6) is 0 Å². The lowest BCUT2D eigenvalue weighted by molar-refractivity contribution is 0.475. The molecule has 1 N–H and O–H groups in total. The largest absolute Gasteiger partial charge is 0.357 e. The van der Waals surface area contributed by atoms with Crippen LogP contribution in [0.25, 0.3) is 0 Å². The Bertz CT molecular complexity index is 663. The van der Waals surface area contributed by atoms with E-state index in [0.29, 0.717) is 6.54 Å². The van der Waals surface area contributed by atoms with Gasteiger partial charge >= 0.3 is 0 Å². The van der Waals surface area contributed by atoms with E-state index in [1.807, 2.05) is 38.5 Å². The maximum Gasteiger partial charge on any atom is 0.193 e. The highest BCUT2D eigenvalue weighted by Gasteiger charge is 2.06. The molecule has 0 radical (unpaired) electrons. The number of nitrogens with zero attached hydrogens (tertiary/aromatic N) is 4. The topological polar surface area (TPSA) is 45.5 Å². The Morgan fingerprint density at radius 3 is 2.68 bits per heavy atom. The molecule has 1 aromatic heterocycles. The Morgan fingerprint density at radius 2 is 2.04 bits per heavy atom. The molecule has 0 aliphatic rings. The molecule has 0 unspecified atom stereocenters. The summed E-state index contributed by atoms with van der Waals surface area (Å²) < 4.78 is 15.2. The molecule has 25 heavy (non-hydrogen) atoms. The molecule has 5 nitrogen and oxygen atoms in total. The fourth-order valence-corrected chi connectivity index (χ4v) is 2.63. The second kappa shape index (κ2) is 9.81. The minimum Gasteiger partial charge on any atom is -0.357 e. The number of guanidine groups is 1. The molecule has 0 fully saturated rings. The monoisotopic (exact) mass is 345 g/mol. The van der Waals surface area contributed by atoms with Crippen molar-refractivity contribution in [2.75, 3.05) is 20.1 Å². The van der Waals surface area contributed by atoms with Gasteiger partial charge in [-0.05, 0) is 44.4 Å². The normalized spacial score (nSPS) is 11.6. The van der Waals surface area contributed by atoms with Crippen LogP contribution in [0.3, 0.4) is 0 Å². The van der Waals surface area contributed by atoms with Crippen molar-refractivity contribution >= 4 is 5.96 Å². The van der Waals surface area contributed by atoms with E-state index in [-0.39, 0.29) is 5.82 Å². The van der Waals surface area contributed by atoms with E-state index in [2.05, 4.69) is 26.7 Å². The van der Waals surface area contributed by atoms with Crippen molar-refractivity contribution in [3.8, 4) is 0 Å². The van der Waals surface area contributed by atoms with Gasteiger partial charge in [0.15, 0.2) is 5.96 Å². The lowest BCUT2D eigenvalue weighted by Gasteiger charge is -2.22. The first-order chi connectivity index (χ1) is 12.1. The number of hydrogen-bond donors (Lipinski definition) is 1. The zero-order valence-corrected chi connectivity index (χ0v) is 15.4. The van der Waals surface area contributed by atoms with Gasteiger partial charge in [-0.2, -0.15) is 0 Å². The number of aromatic nitrogens is 2. The van der Waals surface area contributed by atoms with E-state index in [9.17, 15) is 4.39 Å². The summed E-state index contributed by atoms with van der Waals surface area (Å²) in [5.74, 6) is 1.72. The summed E-state index contributed by atoms with van der Waals surface area (Å²) in [5.41, 5.74) is 1.06. The second-order valence-corrected chi connectivity index (χ2v) is 6.09.